The van der Waals surface area contributed by atoms with Crippen LogP contribution in [0.25, 0.3) is 0 Å². The predicted octanol–water partition coefficient (Wildman–Crippen LogP) is 1.54. The Hall–Kier alpha value is -0.525. The van der Waals surface area contributed by atoms with Crippen LogP contribution in [-0.2, 0) is 0 Å². The minimum Gasteiger partial charge on any atom is -0.298 e. The van der Waals surface area contributed by atoms with E-state index in [0.717, 1.165) is 6.42 Å². The lowest BCUT2D eigenvalue weighted by atomic mass is 10.0. The predicted molar refractivity (Wildman–Crippen MR) is 45.6 cm³/mol. The normalized spacial score (nSPS) is 33.2. The highest BCUT2D eigenvalue weighted by molar-refractivity contribution is 6.63. The SMILES string of the molecule is [B]C1=NC(C)[C@H](C)CC=C1. The van der Waals surface area contributed by atoms with Gasteiger partial charge in [0, 0.05) is 6.04 Å². The van der Waals surface area contributed by atoms with Crippen molar-refractivity contribution in [1.82, 2.24) is 0 Å². The van der Waals surface area contributed by atoms with Crippen molar-refractivity contribution in [2.45, 2.75) is 26.3 Å². The Labute approximate surface area is 63.6 Å². The lowest BCUT2D eigenvalue weighted by molar-refractivity contribution is 0.496. The number of aliphatic imine (C=N–C) groups is 1. The van der Waals surface area contributed by atoms with Gasteiger partial charge in [-0.1, -0.05) is 19.1 Å². The second kappa shape index (κ2) is 3.04. The van der Waals surface area contributed by atoms with Gasteiger partial charge in [0.1, 0.15) is 7.85 Å². The average Bonchev–Trinajstić information content (AvgIpc) is 1.96. The van der Waals surface area contributed by atoms with Crippen molar-refractivity contribution < 1.29 is 0 Å². The topological polar surface area (TPSA) is 12.4 Å². The van der Waals surface area contributed by atoms with Crippen LogP contribution >= 0.6 is 0 Å². The van der Waals surface area contributed by atoms with E-state index in [0.29, 0.717) is 17.6 Å². The molecular weight excluding hydrogens is 121 g/mol. The molecule has 0 bridgehead atoms. The zero-order valence-corrected chi connectivity index (χ0v) is 6.54. The van der Waals surface area contributed by atoms with Crippen LogP contribution in [-0.4, -0.2) is 19.5 Å². The van der Waals surface area contributed by atoms with E-state index in [9.17, 15) is 0 Å². The van der Waals surface area contributed by atoms with E-state index >= 15 is 0 Å². The van der Waals surface area contributed by atoms with Crippen molar-refractivity contribution in [2.24, 2.45) is 10.9 Å². The molecule has 0 amide bonds. The third kappa shape index (κ3) is 1.73. The van der Waals surface area contributed by atoms with Gasteiger partial charge in [-0.25, -0.2) is 0 Å². The first kappa shape index (κ1) is 7.58. The maximum absolute atomic E-state index is 5.55. The number of rotatable bonds is 0. The first-order valence-electron chi connectivity index (χ1n) is 3.70. The molecule has 52 valence electrons. The number of allylic oxidation sites excluding steroid dienone is 2. The molecule has 0 aromatic heterocycles. The van der Waals surface area contributed by atoms with Gasteiger partial charge < -0.3 is 0 Å². The fourth-order valence-electron chi connectivity index (χ4n) is 1.01. The largest absolute Gasteiger partial charge is 0.298 e. The quantitative estimate of drug-likeness (QED) is 0.444. The Kier molecular flexibility index (Phi) is 2.31. The van der Waals surface area contributed by atoms with Crippen molar-refractivity contribution in [1.29, 1.82) is 0 Å². The summed E-state index contributed by atoms with van der Waals surface area (Å²) in [5, 5.41) is 0. The molecule has 2 heteroatoms. The molecule has 1 unspecified atom stereocenters. The van der Waals surface area contributed by atoms with E-state index in [1.54, 1.807) is 0 Å². The molecule has 1 heterocycles. The summed E-state index contributed by atoms with van der Waals surface area (Å²) in [7, 11) is 5.55. The molecule has 2 radical (unpaired) electrons. The van der Waals surface area contributed by atoms with E-state index in [4.69, 9.17) is 7.85 Å². The second-order valence-electron chi connectivity index (χ2n) is 2.91. The molecule has 0 saturated carbocycles. The van der Waals surface area contributed by atoms with Crippen LogP contribution < -0.4 is 0 Å². The van der Waals surface area contributed by atoms with Crippen LogP contribution in [0.1, 0.15) is 20.3 Å². The van der Waals surface area contributed by atoms with E-state index in [1.807, 2.05) is 6.08 Å². The molecule has 0 saturated heterocycles. The summed E-state index contributed by atoms with van der Waals surface area (Å²) in [4.78, 5) is 4.27. The standard InChI is InChI=1S/C8H12BN/c1-6-4-3-5-8(9)10-7(6)2/h3,5-7H,4H2,1-2H3/t6-,7?/m1/s1. The third-order valence-electron chi connectivity index (χ3n) is 1.97. The Morgan fingerprint density at radius 3 is 3.00 bits per heavy atom. The highest BCUT2D eigenvalue weighted by Crippen LogP contribution is 2.14. The average molecular weight is 133 g/mol. The fourth-order valence-corrected chi connectivity index (χ4v) is 1.01. The van der Waals surface area contributed by atoms with E-state index < -0.39 is 0 Å². The molecule has 0 N–H and O–H groups in total. The molecule has 1 aliphatic rings. The monoisotopic (exact) mass is 133 g/mol. The minimum atomic E-state index is 0.370. The van der Waals surface area contributed by atoms with Gasteiger partial charge in [0.15, 0.2) is 0 Å². The highest BCUT2D eigenvalue weighted by atomic mass is 14.8. The highest BCUT2D eigenvalue weighted by Gasteiger charge is 2.10. The van der Waals surface area contributed by atoms with Gasteiger partial charge in [-0.15, -0.1) is 0 Å². The molecule has 1 rings (SSSR count). The summed E-state index contributed by atoms with van der Waals surface area (Å²) >= 11 is 0. The van der Waals surface area contributed by atoms with Gasteiger partial charge in [-0.05, 0) is 24.9 Å². The summed E-state index contributed by atoms with van der Waals surface area (Å²) in [5.41, 5.74) is 0.664. The van der Waals surface area contributed by atoms with E-state index in [-0.39, 0.29) is 0 Å². The van der Waals surface area contributed by atoms with Gasteiger partial charge in [-0.2, -0.15) is 0 Å². The Bertz CT molecular complexity index is 172. The molecule has 0 aromatic rings. The van der Waals surface area contributed by atoms with Crippen molar-refractivity contribution in [2.75, 3.05) is 0 Å². The zero-order valence-electron chi connectivity index (χ0n) is 6.54. The van der Waals surface area contributed by atoms with Crippen LogP contribution in [0.4, 0.5) is 0 Å². The number of hydrogen-bond donors (Lipinski definition) is 0. The first-order chi connectivity index (χ1) is 4.70. The van der Waals surface area contributed by atoms with Gasteiger partial charge in [0.05, 0.1) is 0 Å². The molecule has 2 atom stereocenters. The van der Waals surface area contributed by atoms with Gasteiger partial charge >= 0.3 is 0 Å². The van der Waals surface area contributed by atoms with Gasteiger partial charge in [0.2, 0.25) is 0 Å². The van der Waals surface area contributed by atoms with E-state index in [2.05, 4.69) is 24.9 Å². The van der Waals surface area contributed by atoms with Crippen molar-refractivity contribution >= 4 is 13.5 Å². The second-order valence-corrected chi connectivity index (χ2v) is 2.91. The lowest BCUT2D eigenvalue weighted by Crippen LogP contribution is -2.10. The summed E-state index contributed by atoms with van der Waals surface area (Å²) in [5.74, 6) is 0.622. The van der Waals surface area contributed by atoms with Crippen LogP contribution in [0.5, 0.6) is 0 Å². The van der Waals surface area contributed by atoms with Crippen LogP contribution in [0.2, 0.25) is 0 Å². The minimum absolute atomic E-state index is 0.370. The van der Waals surface area contributed by atoms with Crippen molar-refractivity contribution in [3.63, 3.8) is 0 Å². The number of nitrogens with zero attached hydrogens (tertiary/aromatic N) is 1. The van der Waals surface area contributed by atoms with Crippen LogP contribution in [0.3, 0.4) is 0 Å². The fraction of sp³-hybridized carbons (Fsp3) is 0.625. The maximum atomic E-state index is 5.55. The first-order valence-corrected chi connectivity index (χ1v) is 3.70. The molecule has 0 fully saturated rings. The van der Waals surface area contributed by atoms with Gasteiger partial charge in [0.25, 0.3) is 0 Å². The van der Waals surface area contributed by atoms with Crippen molar-refractivity contribution in [3.8, 4) is 0 Å². The van der Waals surface area contributed by atoms with E-state index in [1.165, 1.54) is 0 Å². The Morgan fingerprint density at radius 2 is 2.30 bits per heavy atom. The maximum Gasteiger partial charge on any atom is 0.141 e. The summed E-state index contributed by atoms with van der Waals surface area (Å²) < 4.78 is 0. The molecule has 10 heavy (non-hydrogen) atoms. The third-order valence-corrected chi connectivity index (χ3v) is 1.97. The van der Waals surface area contributed by atoms with Gasteiger partial charge in [-0.3, -0.25) is 4.99 Å². The van der Waals surface area contributed by atoms with Crippen LogP contribution in [0, 0.1) is 5.92 Å². The summed E-state index contributed by atoms with van der Waals surface area (Å²) in [6.07, 6.45) is 5.07. The molecule has 0 aromatic carbocycles. The van der Waals surface area contributed by atoms with Crippen LogP contribution in [0.15, 0.2) is 17.1 Å². The summed E-state index contributed by atoms with van der Waals surface area (Å²) in [6, 6.07) is 0.370. The lowest BCUT2D eigenvalue weighted by Gasteiger charge is -2.11. The number of hydrogen-bond acceptors (Lipinski definition) is 1. The Balaban J connectivity index is 2.71. The zero-order chi connectivity index (χ0) is 7.56. The smallest absolute Gasteiger partial charge is 0.141 e. The van der Waals surface area contributed by atoms with Crippen molar-refractivity contribution in [3.05, 3.63) is 12.2 Å². The molecular formula is C8H12BN. The Morgan fingerprint density at radius 1 is 1.60 bits per heavy atom. The molecule has 1 nitrogen and oxygen atoms in total. The molecule has 0 spiro atoms. The molecule has 0 aliphatic carbocycles. The summed E-state index contributed by atoms with van der Waals surface area (Å²) in [6.45, 7) is 4.29. The molecule has 1 aliphatic heterocycles.